The minimum Gasteiger partial charge on any atom is -0.451 e. The molecule has 1 aromatic rings. The second-order valence-corrected chi connectivity index (χ2v) is 17.6. The van der Waals surface area contributed by atoms with E-state index in [0.717, 1.165) is 24.8 Å². The monoisotopic (exact) mass is 815 g/mol. The lowest BCUT2D eigenvalue weighted by atomic mass is 9.94. The smallest absolute Gasteiger partial charge is 0.329 e. The summed E-state index contributed by atoms with van der Waals surface area (Å²) in [6.07, 6.45) is 1.09. The van der Waals surface area contributed by atoms with Gasteiger partial charge in [0.05, 0.1) is 12.1 Å². The average molecular weight is 815 g/mol. The Bertz CT molecular complexity index is 1510. The molecule has 0 aromatic heterocycles. The predicted octanol–water partition coefficient (Wildman–Crippen LogP) is 3.89. The van der Waals surface area contributed by atoms with Crippen LogP contribution in [0.4, 0.5) is 0 Å². The van der Waals surface area contributed by atoms with Crippen LogP contribution in [-0.2, 0) is 39.9 Å². The number of unbranched alkanes of at least 4 members (excludes halogenated alkanes) is 1. The van der Waals surface area contributed by atoms with E-state index < -0.39 is 84.1 Å². The summed E-state index contributed by atoms with van der Waals surface area (Å²) in [5, 5.41) is 20.8. The summed E-state index contributed by atoms with van der Waals surface area (Å²) >= 11 is 0. The Kier molecular flexibility index (Phi) is 20.3. The van der Waals surface area contributed by atoms with Gasteiger partial charge in [0.2, 0.25) is 23.6 Å². The number of aliphatic hydroxyl groups is 1. The average Bonchev–Trinajstić information content (AvgIpc) is 3.17. The second-order valence-electron chi connectivity index (χ2n) is 17.6. The summed E-state index contributed by atoms with van der Waals surface area (Å²) in [7, 11) is 4.56. The lowest BCUT2D eigenvalue weighted by Crippen LogP contribution is -2.62. The number of benzene rings is 1. The third-order valence-corrected chi connectivity index (χ3v) is 11.2. The summed E-state index contributed by atoms with van der Waals surface area (Å²) < 4.78 is 5.57. The van der Waals surface area contributed by atoms with Gasteiger partial charge in [0.1, 0.15) is 30.4 Å². The van der Waals surface area contributed by atoms with Crippen molar-refractivity contribution in [2.45, 2.75) is 163 Å². The zero-order valence-electron chi connectivity index (χ0n) is 37.4. The number of esters is 1. The summed E-state index contributed by atoms with van der Waals surface area (Å²) in [6.45, 7) is 18.3. The lowest BCUT2D eigenvalue weighted by molar-refractivity contribution is -0.162. The number of hydrogen-bond acceptors (Lipinski definition) is 9. The Hall–Kier alpha value is -4.04. The number of cyclic esters (lactones) is 1. The van der Waals surface area contributed by atoms with Crippen molar-refractivity contribution in [2.24, 2.45) is 23.7 Å². The first kappa shape index (κ1) is 50.1. The third-order valence-electron chi connectivity index (χ3n) is 11.2. The second kappa shape index (κ2) is 23.5. The van der Waals surface area contributed by atoms with Crippen LogP contribution < -0.4 is 16.0 Å². The molecule has 0 bridgehead atoms. The summed E-state index contributed by atoms with van der Waals surface area (Å²) in [5.41, 5.74) is 0.794. The quantitative estimate of drug-likeness (QED) is 0.228. The number of nitrogens with zero attached hydrogens (tertiary/aromatic N) is 3. The molecule has 1 saturated heterocycles. The summed E-state index contributed by atoms with van der Waals surface area (Å²) in [6, 6.07) is 3.22. The van der Waals surface area contributed by atoms with Crippen molar-refractivity contribution in [1.82, 2.24) is 30.7 Å². The molecule has 1 heterocycles. The zero-order valence-corrected chi connectivity index (χ0v) is 37.4. The van der Waals surface area contributed by atoms with Gasteiger partial charge >= 0.3 is 5.97 Å². The Balaban J connectivity index is 2.80. The largest absolute Gasteiger partial charge is 0.451 e. The van der Waals surface area contributed by atoms with Gasteiger partial charge < -0.3 is 35.2 Å². The van der Waals surface area contributed by atoms with E-state index in [0.29, 0.717) is 12.8 Å². The fourth-order valence-corrected chi connectivity index (χ4v) is 7.30. The van der Waals surface area contributed by atoms with E-state index in [2.05, 4.69) is 22.9 Å². The maximum atomic E-state index is 14.7. The third kappa shape index (κ3) is 14.7. The fraction of sp³-hybridized carbons (Fsp3) is 0.727. The molecule has 14 heteroatoms. The van der Waals surface area contributed by atoms with Crippen LogP contribution in [-0.4, -0.2) is 125 Å². The molecule has 328 valence electrons. The number of carbonyl (C=O) groups excluding carboxylic acids is 6. The molecule has 1 unspecified atom stereocenters. The minimum atomic E-state index is -1.38. The Labute approximate surface area is 347 Å². The molecule has 1 aliphatic heterocycles. The van der Waals surface area contributed by atoms with Gasteiger partial charge in [0.25, 0.3) is 5.91 Å². The molecule has 0 aliphatic carbocycles. The summed E-state index contributed by atoms with van der Waals surface area (Å²) in [4.78, 5) is 88.7. The van der Waals surface area contributed by atoms with Crippen molar-refractivity contribution < 1.29 is 38.6 Å². The molecule has 0 spiro atoms. The van der Waals surface area contributed by atoms with Gasteiger partial charge in [0, 0.05) is 27.6 Å². The van der Waals surface area contributed by atoms with Crippen LogP contribution >= 0.6 is 0 Å². The zero-order chi connectivity index (χ0) is 44.0. The van der Waals surface area contributed by atoms with Gasteiger partial charge in [-0.3, -0.25) is 29.3 Å². The molecule has 1 aliphatic rings. The normalized spacial score (nSPS) is 27.4. The number of nitrogens with one attached hydrogen (secondary N) is 3. The maximum Gasteiger partial charge on any atom is 0.329 e. The van der Waals surface area contributed by atoms with Crippen molar-refractivity contribution in [3.63, 3.8) is 0 Å². The molecule has 2 rings (SSSR count). The number of aliphatic hydroxyl groups excluding tert-OH is 1. The maximum absolute atomic E-state index is 14.7. The summed E-state index contributed by atoms with van der Waals surface area (Å²) in [5.74, 6) is -3.86. The Morgan fingerprint density at radius 1 is 0.724 bits per heavy atom. The molecule has 0 saturated carbocycles. The number of amides is 5. The molecule has 14 nitrogen and oxygen atoms in total. The van der Waals surface area contributed by atoms with Crippen LogP contribution in [0.15, 0.2) is 30.3 Å². The van der Waals surface area contributed by atoms with Crippen molar-refractivity contribution in [2.75, 3.05) is 21.1 Å². The first-order valence-corrected chi connectivity index (χ1v) is 21.2. The van der Waals surface area contributed by atoms with Gasteiger partial charge in [-0.2, -0.15) is 0 Å². The highest BCUT2D eigenvalue weighted by molar-refractivity contribution is 5.95. The van der Waals surface area contributed by atoms with Crippen LogP contribution in [0.2, 0.25) is 0 Å². The first-order chi connectivity index (χ1) is 27.1. The van der Waals surface area contributed by atoms with Gasteiger partial charge in [-0.05, 0) is 62.3 Å². The van der Waals surface area contributed by atoms with Crippen LogP contribution in [0.1, 0.15) is 113 Å². The standard InChI is InChI=1S/C44H74N6O8/c1-14-15-19-29(8)24-34-41(54)48(11)30(9)44(57)58-31(10)38(51)47-37(28(6)7)43(56)50(13)35(23-27(4)5)39(52)45-33(22-26(2)3)42(55)49(12)36(40(53)46-34)25-32-20-17-16-18-21-32/h16-18,20-21,26-31,33-37,39,45,52H,14-15,19,22-25H2,1-13H3,(H,46,53)(H,47,51)/t29-,30+,31-,33+,34+,35+,36+,37+,39?/m1/s1. The highest BCUT2D eigenvalue weighted by Crippen LogP contribution is 2.21. The molecule has 1 aromatic carbocycles. The number of hydrogen-bond donors (Lipinski definition) is 4. The predicted molar refractivity (Wildman–Crippen MR) is 225 cm³/mol. The highest BCUT2D eigenvalue weighted by atomic mass is 16.5. The van der Waals surface area contributed by atoms with E-state index >= 15 is 0 Å². The SMILES string of the molecule is CCCC[C@@H](C)C[C@@H]1NC(=O)[C@H](Cc2ccccc2)N(C)C(=O)[C@H](CC(C)C)NC(O)[C@H](CC(C)C)N(C)C(=O)[C@H](C(C)C)NC(=O)[C@@H](C)OC(=O)[C@H](C)N(C)C1=O. The Morgan fingerprint density at radius 3 is 1.86 bits per heavy atom. The molecule has 0 radical (unpaired) electrons. The van der Waals surface area contributed by atoms with Gasteiger partial charge in [-0.1, -0.05) is 105 Å². The minimum absolute atomic E-state index is 0.00238. The van der Waals surface area contributed by atoms with Gasteiger partial charge in [-0.15, -0.1) is 0 Å². The van der Waals surface area contributed by atoms with E-state index in [1.807, 2.05) is 65.0 Å². The van der Waals surface area contributed by atoms with Gasteiger partial charge in [0.15, 0.2) is 6.10 Å². The number of rotatable bonds is 12. The topological polar surface area (TPSA) is 178 Å². The van der Waals surface area contributed by atoms with Crippen LogP contribution in [0.5, 0.6) is 0 Å². The molecule has 58 heavy (non-hydrogen) atoms. The van der Waals surface area contributed by atoms with E-state index in [9.17, 15) is 33.9 Å². The Morgan fingerprint density at radius 2 is 1.31 bits per heavy atom. The number of likely N-dealkylation sites (N-methyl/N-ethyl adjacent to an activating group) is 3. The highest BCUT2D eigenvalue weighted by Gasteiger charge is 2.40. The van der Waals surface area contributed by atoms with E-state index in [1.165, 1.54) is 35.6 Å². The molecular weight excluding hydrogens is 741 g/mol. The van der Waals surface area contributed by atoms with Crippen molar-refractivity contribution in [3.05, 3.63) is 35.9 Å². The van der Waals surface area contributed by atoms with Crippen LogP contribution in [0.25, 0.3) is 0 Å². The van der Waals surface area contributed by atoms with Crippen LogP contribution in [0.3, 0.4) is 0 Å². The molecule has 9 atom stereocenters. The van der Waals surface area contributed by atoms with E-state index in [-0.39, 0.29) is 36.5 Å². The lowest BCUT2D eigenvalue weighted by Gasteiger charge is -2.39. The van der Waals surface area contributed by atoms with Crippen LogP contribution in [0, 0.1) is 23.7 Å². The fourth-order valence-electron chi connectivity index (χ4n) is 7.30. The van der Waals surface area contributed by atoms with E-state index in [4.69, 9.17) is 4.74 Å². The first-order valence-electron chi connectivity index (χ1n) is 21.2. The van der Waals surface area contributed by atoms with Gasteiger partial charge in [-0.25, -0.2) is 4.79 Å². The van der Waals surface area contributed by atoms with E-state index in [1.54, 1.807) is 27.9 Å². The molecular formula is C44H74N6O8. The number of ether oxygens (including phenoxy) is 1. The van der Waals surface area contributed by atoms with Crippen molar-refractivity contribution in [3.8, 4) is 0 Å². The number of carbonyl (C=O) groups is 6. The van der Waals surface area contributed by atoms with Crippen molar-refractivity contribution in [1.29, 1.82) is 0 Å². The van der Waals surface area contributed by atoms with Crippen molar-refractivity contribution >= 4 is 35.5 Å². The molecule has 5 amide bonds. The molecule has 1 fully saturated rings. The molecule has 4 N–H and O–H groups in total.